The summed E-state index contributed by atoms with van der Waals surface area (Å²) >= 11 is 0. The van der Waals surface area contributed by atoms with Crippen LogP contribution in [-0.2, 0) is 19.6 Å². The molecule has 18 heteroatoms. The molecule has 0 aliphatic heterocycles. The van der Waals surface area contributed by atoms with E-state index in [9.17, 15) is 61.3 Å². The van der Waals surface area contributed by atoms with Crippen molar-refractivity contribution in [2.45, 2.75) is 29.9 Å². The van der Waals surface area contributed by atoms with Crippen molar-refractivity contribution in [1.82, 2.24) is 0 Å². The molecule has 0 radical (unpaired) electrons. The smallest absolute Gasteiger partial charge is 0.743 e. The van der Waals surface area contributed by atoms with Crippen LogP contribution in [0.4, 0.5) is 48.3 Å². The van der Waals surface area contributed by atoms with Gasteiger partial charge in [0, 0.05) is 0 Å². The van der Waals surface area contributed by atoms with E-state index in [0.717, 1.165) is 0 Å². The molecule has 0 atom stereocenters. The van der Waals surface area contributed by atoms with Crippen LogP contribution in [0, 0.1) is 0 Å². The number of halogens is 11. The maximum atomic E-state index is 12.5. The number of hydrogen-bond donors (Lipinski definition) is 0. The summed E-state index contributed by atoms with van der Waals surface area (Å²) in [6.07, 6.45) is -27.7. The van der Waals surface area contributed by atoms with Crippen molar-refractivity contribution in [2.24, 2.45) is 0 Å². The zero-order chi connectivity index (χ0) is 18.4. The van der Waals surface area contributed by atoms with Crippen molar-refractivity contribution in [1.29, 1.82) is 0 Å². The Morgan fingerprint density at radius 2 is 0.957 bits per heavy atom. The molecule has 0 saturated carbocycles. The van der Waals surface area contributed by atoms with Gasteiger partial charge in [-0.3, -0.25) is 0 Å². The van der Waals surface area contributed by atoms with Gasteiger partial charge in [-0.2, -0.15) is 35.1 Å². The summed E-state index contributed by atoms with van der Waals surface area (Å²) in [4.78, 5) is 0. The van der Waals surface area contributed by atoms with E-state index in [1.807, 2.05) is 0 Å². The second-order valence-electron chi connectivity index (χ2n) is 3.17. The van der Waals surface area contributed by atoms with Crippen LogP contribution in [0.1, 0.15) is 0 Å². The average molecular weight is 404 g/mol. The fraction of sp³-hybridized carbons (Fsp3) is 1.00. The van der Waals surface area contributed by atoms with Crippen LogP contribution >= 0.6 is 0 Å². The summed E-state index contributed by atoms with van der Waals surface area (Å²) < 4.78 is 165. The van der Waals surface area contributed by atoms with E-state index < -0.39 is 40.1 Å². The van der Waals surface area contributed by atoms with Crippen molar-refractivity contribution in [3.63, 3.8) is 0 Å². The largest absolute Gasteiger partial charge is 1.00 e. The summed E-state index contributed by atoms with van der Waals surface area (Å²) in [5.74, 6) is 0. The van der Waals surface area contributed by atoms with Gasteiger partial charge in [-0.1, -0.05) is 0 Å². The molecule has 0 heterocycles. The molecule has 0 aliphatic rings. The second kappa shape index (κ2) is 6.75. The minimum absolute atomic E-state index is 0. The first-order valence-corrected chi connectivity index (χ1v) is 5.51. The second-order valence-corrected chi connectivity index (χ2v) is 4.59. The fourth-order valence-electron chi connectivity index (χ4n) is 0.630. The van der Waals surface area contributed by atoms with Crippen LogP contribution in [0.15, 0.2) is 0 Å². The van der Waals surface area contributed by atoms with Gasteiger partial charge in [0.1, 0.15) is 0 Å². The molecule has 134 valence electrons. The quantitative estimate of drug-likeness (QED) is 0.338. The minimum atomic E-state index is -7.41. The Morgan fingerprint density at radius 1 is 0.652 bits per heavy atom. The zero-order valence-electron chi connectivity index (χ0n) is 10.1. The molecule has 0 N–H and O–H groups in total. The van der Waals surface area contributed by atoms with Crippen LogP contribution in [-0.4, -0.2) is 42.9 Å². The summed E-state index contributed by atoms with van der Waals surface area (Å²) in [5, 5.41) is -7.00. The van der Waals surface area contributed by atoms with Gasteiger partial charge < -0.3 is 4.55 Å². The van der Waals surface area contributed by atoms with Gasteiger partial charge in [0.2, 0.25) is 0 Å². The Hall–Kier alpha value is 0.0600. The summed E-state index contributed by atoms with van der Waals surface area (Å²) in [6.45, 7) is 0. The van der Waals surface area contributed by atoms with E-state index in [-0.39, 0.29) is 29.6 Å². The Morgan fingerprint density at radius 3 is 1.22 bits per heavy atom. The molecule has 0 bridgehead atoms. The maximum Gasteiger partial charge on any atom is 1.00 e. The Kier molecular flexibility index (Phi) is 7.43. The molecule has 0 amide bonds. The van der Waals surface area contributed by atoms with Gasteiger partial charge in [-0.05, 0) is 0 Å². The van der Waals surface area contributed by atoms with Crippen LogP contribution in [0.3, 0.4) is 0 Å². The van der Waals surface area contributed by atoms with E-state index in [1.54, 1.807) is 0 Å². The Labute approximate surface area is 140 Å². The molecule has 0 aromatic rings. The van der Waals surface area contributed by atoms with Gasteiger partial charge >= 0.3 is 59.5 Å². The molecule has 23 heavy (non-hydrogen) atoms. The molecule has 5 nitrogen and oxygen atoms in total. The summed E-state index contributed by atoms with van der Waals surface area (Å²) in [6, 6.07) is 0. The first kappa shape index (κ1) is 25.3. The third-order valence-electron chi connectivity index (χ3n) is 1.49. The van der Waals surface area contributed by atoms with Crippen LogP contribution < -0.4 is 29.6 Å². The fourth-order valence-corrected chi connectivity index (χ4v) is 0.963. The number of ether oxygens (including phenoxy) is 2. The van der Waals surface area contributed by atoms with Crippen molar-refractivity contribution >= 4 is 10.1 Å². The maximum absolute atomic E-state index is 12.5. The molecular formula is C5F11NaO5S. The normalized spacial score (nSPS) is 15.3. The average Bonchev–Trinajstić information content (AvgIpc) is 2.08. The molecule has 0 aromatic heterocycles. The first-order chi connectivity index (χ1) is 9.16. The number of hydrogen-bond acceptors (Lipinski definition) is 5. The molecular weight excluding hydrogens is 404 g/mol. The van der Waals surface area contributed by atoms with Crippen molar-refractivity contribution in [2.75, 3.05) is 0 Å². The molecule has 0 saturated heterocycles. The van der Waals surface area contributed by atoms with Crippen LogP contribution in [0.2, 0.25) is 0 Å². The zero-order valence-corrected chi connectivity index (χ0v) is 12.9. The topological polar surface area (TPSA) is 75.7 Å². The molecule has 0 fully saturated rings. The van der Waals surface area contributed by atoms with Crippen molar-refractivity contribution < 1.29 is 100 Å². The predicted octanol–water partition coefficient (Wildman–Crippen LogP) is -0.540. The van der Waals surface area contributed by atoms with E-state index in [0.29, 0.717) is 0 Å². The molecule has 0 rings (SSSR count). The van der Waals surface area contributed by atoms with E-state index in [1.165, 1.54) is 9.47 Å². The SMILES string of the molecule is O=S(=O)([O-])C(F)(F)C(F)(F)OC(F)(F)C(F)(F)OC(F)(F)F.[Na+]. The van der Waals surface area contributed by atoms with Gasteiger partial charge in [0.15, 0.2) is 10.1 Å². The Bertz CT molecular complexity index is 513. The first-order valence-electron chi connectivity index (χ1n) is 4.10. The third-order valence-corrected chi connectivity index (χ3v) is 2.36. The predicted molar refractivity (Wildman–Crippen MR) is 37.7 cm³/mol. The monoisotopic (exact) mass is 404 g/mol. The number of alkyl halides is 11. The molecule has 0 aromatic carbocycles. The number of rotatable bonds is 6. The van der Waals surface area contributed by atoms with Crippen molar-refractivity contribution in [3.8, 4) is 0 Å². The Balaban J connectivity index is 0. The molecule has 0 aliphatic carbocycles. The van der Waals surface area contributed by atoms with Crippen LogP contribution in [0.5, 0.6) is 0 Å². The molecule has 0 spiro atoms. The summed E-state index contributed by atoms with van der Waals surface area (Å²) in [7, 11) is -7.41. The van der Waals surface area contributed by atoms with Gasteiger partial charge in [0.25, 0.3) is 0 Å². The third kappa shape index (κ3) is 5.82. The van der Waals surface area contributed by atoms with E-state index in [2.05, 4.69) is 0 Å². The van der Waals surface area contributed by atoms with E-state index >= 15 is 0 Å². The van der Waals surface area contributed by atoms with Gasteiger partial charge in [-0.15, -0.1) is 13.2 Å². The minimum Gasteiger partial charge on any atom is -0.743 e. The van der Waals surface area contributed by atoms with E-state index in [4.69, 9.17) is 0 Å². The standard InChI is InChI=1S/C5HF11O5S.Na/c6-1(7,2(8,9)21-5(14,15)16)20-3(10,11)4(12,13)22(17,18)19;/h(H,17,18,19);/q;+1/p-1. The van der Waals surface area contributed by atoms with Gasteiger partial charge in [0.05, 0.1) is 0 Å². The van der Waals surface area contributed by atoms with Crippen LogP contribution in [0.25, 0.3) is 0 Å². The van der Waals surface area contributed by atoms with Crippen molar-refractivity contribution in [3.05, 3.63) is 0 Å². The molecule has 0 unspecified atom stereocenters. The van der Waals surface area contributed by atoms with Gasteiger partial charge in [-0.25, -0.2) is 17.9 Å². The summed E-state index contributed by atoms with van der Waals surface area (Å²) in [5.41, 5.74) is 0.